The molecule has 3 aromatic rings. The highest BCUT2D eigenvalue weighted by Gasteiger charge is 2.13. The number of nitrogens with zero attached hydrogens (tertiary/aromatic N) is 2. The Bertz CT molecular complexity index is 904. The Balaban J connectivity index is 1.45. The van der Waals surface area contributed by atoms with Crippen LogP contribution in [0.3, 0.4) is 0 Å². The van der Waals surface area contributed by atoms with Crippen LogP contribution in [0.1, 0.15) is 5.56 Å². The number of hydrogen-bond donors (Lipinski definition) is 2. The van der Waals surface area contributed by atoms with Gasteiger partial charge < -0.3 is 20.1 Å². The van der Waals surface area contributed by atoms with Crippen molar-refractivity contribution in [3.8, 4) is 11.5 Å². The second kappa shape index (κ2) is 6.64. The quantitative estimate of drug-likeness (QED) is 0.739. The molecule has 6 nitrogen and oxygen atoms in total. The van der Waals surface area contributed by atoms with Crippen molar-refractivity contribution in [2.45, 2.75) is 6.54 Å². The van der Waals surface area contributed by atoms with Crippen molar-refractivity contribution in [3.63, 3.8) is 0 Å². The Kier molecular flexibility index (Phi) is 4.04. The molecule has 0 unspecified atom stereocenters. The topological polar surface area (TPSA) is 68.3 Å². The molecule has 2 heterocycles. The standard InChI is InChI=1S/C18H15FN4O2/c19-14-4-2-1-3-12(14)10-21-17-7-8-20-18(23-17)22-13-5-6-15-16(9-13)25-11-24-15/h1-9H,10-11H2,(H2,20,21,22,23). The zero-order valence-corrected chi connectivity index (χ0v) is 13.2. The fraction of sp³-hybridized carbons (Fsp3) is 0.111. The fourth-order valence-electron chi connectivity index (χ4n) is 2.45. The van der Waals surface area contributed by atoms with Gasteiger partial charge in [-0.1, -0.05) is 18.2 Å². The smallest absolute Gasteiger partial charge is 0.231 e. The van der Waals surface area contributed by atoms with Crippen LogP contribution >= 0.6 is 0 Å². The summed E-state index contributed by atoms with van der Waals surface area (Å²) in [5.74, 6) is 2.17. The summed E-state index contributed by atoms with van der Waals surface area (Å²) in [5, 5.41) is 6.21. The first kappa shape index (κ1) is 15.2. The van der Waals surface area contributed by atoms with Gasteiger partial charge >= 0.3 is 0 Å². The predicted molar refractivity (Wildman–Crippen MR) is 91.6 cm³/mol. The second-order valence-corrected chi connectivity index (χ2v) is 5.40. The molecule has 1 aliphatic rings. The molecular weight excluding hydrogens is 323 g/mol. The van der Waals surface area contributed by atoms with Crippen molar-refractivity contribution < 1.29 is 13.9 Å². The maximum absolute atomic E-state index is 13.7. The van der Waals surface area contributed by atoms with Gasteiger partial charge in [0.2, 0.25) is 12.7 Å². The van der Waals surface area contributed by atoms with E-state index in [0.717, 1.165) is 5.69 Å². The molecule has 0 radical (unpaired) electrons. The highest BCUT2D eigenvalue weighted by atomic mass is 19.1. The molecule has 2 aromatic carbocycles. The van der Waals surface area contributed by atoms with E-state index in [1.807, 2.05) is 18.2 Å². The van der Waals surface area contributed by atoms with Crippen LogP contribution in [-0.4, -0.2) is 16.8 Å². The average Bonchev–Trinajstić information content (AvgIpc) is 3.09. The molecule has 0 bridgehead atoms. The van der Waals surface area contributed by atoms with Crippen LogP contribution < -0.4 is 20.1 Å². The third-order valence-electron chi connectivity index (χ3n) is 3.70. The van der Waals surface area contributed by atoms with Crippen LogP contribution in [0.15, 0.2) is 54.7 Å². The van der Waals surface area contributed by atoms with E-state index in [9.17, 15) is 4.39 Å². The summed E-state index contributed by atoms with van der Waals surface area (Å²) in [6, 6.07) is 13.9. The molecule has 4 rings (SSSR count). The van der Waals surface area contributed by atoms with E-state index in [-0.39, 0.29) is 12.6 Å². The maximum Gasteiger partial charge on any atom is 0.231 e. The normalized spacial score (nSPS) is 12.0. The number of ether oxygens (including phenoxy) is 2. The van der Waals surface area contributed by atoms with Gasteiger partial charge in [-0.15, -0.1) is 0 Å². The van der Waals surface area contributed by atoms with Crippen LogP contribution in [0.2, 0.25) is 0 Å². The molecule has 0 saturated carbocycles. The molecule has 0 spiro atoms. The Labute approximate surface area is 143 Å². The highest BCUT2D eigenvalue weighted by molar-refractivity contribution is 5.61. The van der Waals surface area contributed by atoms with E-state index >= 15 is 0 Å². The zero-order chi connectivity index (χ0) is 17.1. The van der Waals surface area contributed by atoms with Gasteiger partial charge in [-0.05, 0) is 24.3 Å². The van der Waals surface area contributed by atoms with E-state index < -0.39 is 0 Å². The molecule has 2 N–H and O–H groups in total. The van der Waals surface area contributed by atoms with Crippen molar-refractivity contribution in [2.24, 2.45) is 0 Å². The van der Waals surface area contributed by atoms with Crippen LogP contribution in [0, 0.1) is 5.82 Å². The molecule has 0 fully saturated rings. The van der Waals surface area contributed by atoms with Crippen LogP contribution in [-0.2, 0) is 6.54 Å². The first-order chi connectivity index (χ1) is 12.3. The SMILES string of the molecule is Fc1ccccc1CNc1ccnc(Nc2ccc3c(c2)OCO3)n1. The number of hydrogen-bond acceptors (Lipinski definition) is 6. The van der Waals surface area contributed by atoms with Crippen LogP contribution in [0.5, 0.6) is 11.5 Å². The Morgan fingerprint density at radius 1 is 1.04 bits per heavy atom. The lowest BCUT2D eigenvalue weighted by Gasteiger charge is -2.09. The van der Waals surface area contributed by atoms with Gasteiger partial charge in [-0.2, -0.15) is 4.98 Å². The van der Waals surface area contributed by atoms with E-state index in [2.05, 4.69) is 20.6 Å². The lowest BCUT2D eigenvalue weighted by atomic mass is 10.2. The Morgan fingerprint density at radius 3 is 2.84 bits per heavy atom. The monoisotopic (exact) mass is 338 g/mol. The van der Waals surface area contributed by atoms with Gasteiger partial charge in [0, 0.05) is 30.1 Å². The van der Waals surface area contributed by atoms with E-state index in [4.69, 9.17) is 9.47 Å². The van der Waals surface area contributed by atoms with Gasteiger partial charge in [0.25, 0.3) is 0 Å². The van der Waals surface area contributed by atoms with Crippen molar-refractivity contribution in [1.82, 2.24) is 9.97 Å². The van der Waals surface area contributed by atoms with Gasteiger partial charge in [-0.25, -0.2) is 9.37 Å². The second-order valence-electron chi connectivity index (χ2n) is 5.40. The number of fused-ring (bicyclic) bond motifs is 1. The maximum atomic E-state index is 13.7. The van der Waals surface area contributed by atoms with Gasteiger partial charge in [0.1, 0.15) is 11.6 Å². The molecule has 1 aliphatic heterocycles. The molecular formula is C18H15FN4O2. The van der Waals surface area contributed by atoms with E-state index in [1.54, 1.807) is 30.5 Å². The molecule has 0 saturated heterocycles. The molecule has 7 heteroatoms. The summed E-state index contributed by atoms with van der Waals surface area (Å²) >= 11 is 0. The highest BCUT2D eigenvalue weighted by Crippen LogP contribution is 2.34. The minimum Gasteiger partial charge on any atom is -0.454 e. The Morgan fingerprint density at radius 2 is 1.92 bits per heavy atom. The van der Waals surface area contributed by atoms with E-state index in [1.165, 1.54) is 6.07 Å². The lowest BCUT2D eigenvalue weighted by molar-refractivity contribution is 0.174. The summed E-state index contributed by atoms with van der Waals surface area (Å²) in [5.41, 5.74) is 1.36. The van der Waals surface area contributed by atoms with Gasteiger partial charge in [0.15, 0.2) is 11.5 Å². The number of halogens is 1. The number of rotatable bonds is 5. The molecule has 0 atom stereocenters. The number of nitrogens with one attached hydrogen (secondary N) is 2. The van der Waals surface area contributed by atoms with Crippen molar-refractivity contribution in [1.29, 1.82) is 0 Å². The van der Waals surface area contributed by atoms with Crippen molar-refractivity contribution in [3.05, 3.63) is 66.1 Å². The number of benzene rings is 2. The Hall–Kier alpha value is -3.35. The van der Waals surface area contributed by atoms with Crippen LogP contribution in [0.4, 0.5) is 21.8 Å². The molecule has 0 aliphatic carbocycles. The minimum atomic E-state index is -0.247. The lowest BCUT2D eigenvalue weighted by Crippen LogP contribution is -2.05. The summed E-state index contributed by atoms with van der Waals surface area (Å²) in [6.45, 7) is 0.567. The summed E-state index contributed by atoms with van der Waals surface area (Å²) in [6.07, 6.45) is 1.63. The zero-order valence-electron chi connectivity index (χ0n) is 13.2. The summed E-state index contributed by atoms with van der Waals surface area (Å²) in [4.78, 5) is 8.57. The number of anilines is 3. The summed E-state index contributed by atoms with van der Waals surface area (Å²) in [7, 11) is 0. The molecule has 126 valence electrons. The fourth-order valence-corrected chi connectivity index (χ4v) is 2.45. The average molecular weight is 338 g/mol. The minimum absolute atomic E-state index is 0.227. The van der Waals surface area contributed by atoms with E-state index in [0.29, 0.717) is 35.4 Å². The predicted octanol–water partition coefficient (Wildman–Crippen LogP) is 3.70. The first-order valence-corrected chi connectivity index (χ1v) is 7.75. The van der Waals surface area contributed by atoms with Gasteiger partial charge in [0.05, 0.1) is 0 Å². The van der Waals surface area contributed by atoms with Crippen molar-refractivity contribution in [2.75, 3.05) is 17.4 Å². The molecule has 1 aromatic heterocycles. The number of aromatic nitrogens is 2. The van der Waals surface area contributed by atoms with Crippen molar-refractivity contribution >= 4 is 17.5 Å². The molecule has 0 amide bonds. The largest absolute Gasteiger partial charge is 0.454 e. The first-order valence-electron chi connectivity index (χ1n) is 7.75. The third kappa shape index (κ3) is 3.45. The summed E-state index contributed by atoms with van der Waals surface area (Å²) < 4.78 is 24.3. The molecule has 25 heavy (non-hydrogen) atoms. The van der Waals surface area contributed by atoms with Gasteiger partial charge in [-0.3, -0.25) is 0 Å². The third-order valence-corrected chi connectivity index (χ3v) is 3.70. The van der Waals surface area contributed by atoms with Crippen LogP contribution in [0.25, 0.3) is 0 Å².